The third kappa shape index (κ3) is 5.61. The Morgan fingerprint density at radius 2 is 1.52 bits per heavy atom. The number of ether oxygens (including phenoxy) is 2. The summed E-state index contributed by atoms with van der Waals surface area (Å²) in [6.45, 7) is 0. The first kappa shape index (κ1) is 21.4. The number of nitrogens with one attached hydrogen (secondary N) is 1. The van der Waals surface area contributed by atoms with Crippen molar-refractivity contribution in [1.29, 1.82) is 0 Å². The molecular weight excluding hydrogens is 484 g/mol. The molecule has 0 aliphatic carbocycles. The van der Waals surface area contributed by atoms with Crippen LogP contribution in [0.4, 0.5) is 10.1 Å². The number of halogens is 2. The first-order valence-corrected chi connectivity index (χ1v) is 10.3. The van der Waals surface area contributed by atoms with Gasteiger partial charge in [0.15, 0.2) is 11.5 Å². The second-order valence-corrected chi connectivity index (χ2v) is 7.87. The van der Waals surface area contributed by atoms with Gasteiger partial charge < -0.3 is 19.9 Å². The van der Waals surface area contributed by atoms with Crippen molar-refractivity contribution in [1.82, 2.24) is 0 Å². The molecule has 0 heterocycles. The summed E-state index contributed by atoms with van der Waals surface area (Å²) >= 11 is 2.26. The van der Waals surface area contributed by atoms with Crippen molar-refractivity contribution < 1.29 is 19.0 Å². The van der Waals surface area contributed by atoms with Crippen LogP contribution in [0, 0.1) is 9.39 Å². The van der Waals surface area contributed by atoms with E-state index in [0.717, 1.165) is 14.8 Å². The molecule has 0 saturated carbocycles. The number of aliphatic hydroxyl groups is 1. The van der Waals surface area contributed by atoms with Gasteiger partial charge in [-0.05, 0) is 82.2 Å². The van der Waals surface area contributed by atoms with Gasteiger partial charge >= 0.3 is 0 Å². The molecule has 0 fully saturated rings. The van der Waals surface area contributed by atoms with Crippen molar-refractivity contribution in [3.8, 4) is 11.5 Å². The Balaban J connectivity index is 1.90. The fourth-order valence-electron chi connectivity index (χ4n) is 3.14. The van der Waals surface area contributed by atoms with Crippen LogP contribution >= 0.6 is 22.6 Å². The number of anilines is 1. The predicted octanol–water partition coefficient (Wildman–Crippen LogP) is 5.72. The van der Waals surface area contributed by atoms with Crippen LogP contribution < -0.4 is 14.8 Å². The summed E-state index contributed by atoms with van der Waals surface area (Å²) in [6.07, 6.45) is -0.363. The minimum atomic E-state index is -0.759. The van der Waals surface area contributed by atoms with Gasteiger partial charge in [-0.15, -0.1) is 0 Å². The van der Waals surface area contributed by atoms with Crippen molar-refractivity contribution >= 4 is 28.3 Å². The summed E-state index contributed by atoms with van der Waals surface area (Å²) in [5.41, 5.74) is 2.56. The summed E-state index contributed by atoms with van der Waals surface area (Å²) in [5, 5.41) is 14.3. The van der Waals surface area contributed by atoms with E-state index in [0.29, 0.717) is 23.5 Å². The molecule has 2 atom stereocenters. The molecule has 0 radical (unpaired) electrons. The maximum absolute atomic E-state index is 13.2. The molecule has 0 aliphatic rings. The standard InChI is InChI=1S/C23H23FINO3/c1-28-22-12-5-16(13-23(22)29-2)20(26-19-10-8-18(25)9-11-19)14-21(27)15-3-6-17(24)7-4-15/h3-13,20-21,26-27H,14H2,1-2H3. The van der Waals surface area contributed by atoms with E-state index < -0.39 is 6.10 Å². The van der Waals surface area contributed by atoms with Crippen LogP contribution in [0.5, 0.6) is 11.5 Å². The number of benzene rings is 3. The monoisotopic (exact) mass is 507 g/mol. The highest BCUT2D eigenvalue weighted by Gasteiger charge is 2.20. The Morgan fingerprint density at radius 3 is 2.14 bits per heavy atom. The van der Waals surface area contributed by atoms with Gasteiger partial charge in [0.25, 0.3) is 0 Å². The quantitative estimate of drug-likeness (QED) is 0.383. The Hall–Kier alpha value is -2.32. The zero-order chi connectivity index (χ0) is 20.8. The summed E-state index contributed by atoms with van der Waals surface area (Å²) in [7, 11) is 3.19. The molecule has 3 aromatic carbocycles. The van der Waals surface area contributed by atoms with Crippen molar-refractivity contribution in [3.05, 3.63) is 87.2 Å². The van der Waals surface area contributed by atoms with E-state index in [1.807, 2.05) is 42.5 Å². The molecule has 29 heavy (non-hydrogen) atoms. The minimum Gasteiger partial charge on any atom is -0.493 e. The summed E-state index contributed by atoms with van der Waals surface area (Å²) in [4.78, 5) is 0. The van der Waals surface area contributed by atoms with E-state index in [1.54, 1.807) is 26.4 Å². The molecule has 3 aromatic rings. The van der Waals surface area contributed by atoms with Crippen LogP contribution in [0.1, 0.15) is 29.7 Å². The fraction of sp³-hybridized carbons (Fsp3) is 0.217. The highest BCUT2D eigenvalue weighted by atomic mass is 127. The lowest BCUT2D eigenvalue weighted by atomic mass is 9.96. The summed E-state index contributed by atoms with van der Waals surface area (Å²) in [5.74, 6) is 0.938. The third-order valence-corrected chi connectivity index (χ3v) is 5.43. The largest absolute Gasteiger partial charge is 0.493 e. The second-order valence-electron chi connectivity index (χ2n) is 6.62. The van der Waals surface area contributed by atoms with E-state index in [-0.39, 0.29) is 11.9 Å². The SMILES string of the molecule is COc1ccc(C(CC(O)c2ccc(F)cc2)Nc2ccc(I)cc2)cc1OC. The minimum absolute atomic E-state index is 0.199. The van der Waals surface area contributed by atoms with Crippen LogP contribution in [-0.4, -0.2) is 19.3 Å². The van der Waals surface area contributed by atoms with E-state index in [4.69, 9.17) is 9.47 Å². The van der Waals surface area contributed by atoms with Crippen molar-refractivity contribution in [2.75, 3.05) is 19.5 Å². The van der Waals surface area contributed by atoms with E-state index >= 15 is 0 Å². The van der Waals surface area contributed by atoms with Crippen LogP contribution in [-0.2, 0) is 0 Å². The van der Waals surface area contributed by atoms with Gasteiger partial charge in [0.1, 0.15) is 5.82 Å². The fourth-order valence-corrected chi connectivity index (χ4v) is 3.50. The Labute approximate surface area is 183 Å². The van der Waals surface area contributed by atoms with Crippen LogP contribution in [0.15, 0.2) is 66.7 Å². The molecule has 3 rings (SSSR count). The maximum atomic E-state index is 13.2. The maximum Gasteiger partial charge on any atom is 0.161 e. The second kappa shape index (κ2) is 9.93. The number of methoxy groups -OCH3 is 2. The number of hydrogen-bond acceptors (Lipinski definition) is 4. The Bertz CT molecular complexity index is 932. The zero-order valence-electron chi connectivity index (χ0n) is 16.2. The highest BCUT2D eigenvalue weighted by molar-refractivity contribution is 14.1. The van der Waals surface area contributed by atoms with Gasteiger partial charge in [0.05, 0.1) is 26.4 Å². The summed E-state index contributed by atoms with van der Waals surface area (Å²) in [6, 6.07) is 19.5. The predicted molar refractivity (Wildman–Crippen MR) is 121 cm³/mol. The highest BCUT2D eigenvalue weighted by Crippen LogP contribution is 2.35. The molecule has 0 spiro atoms. The van der Waals surface area contributed by atoms with E-state index in [1.165, 1.54) is 12.1 Å². The molecular formula is C23H23FINO3. The van der Waals surface area contributed by atoms with Crippen molar-refractivity contribution in [2.45, 2.75) is 18.6 Å². The average molecular weight is 507 g/mol. The van der Waals surface area contributed by atoms with Crippen molar-refractivity contribution in [2.24, 2.45) is 0 Å². The molecule has 4 nitrogen and oxygen atoms in total. The molecule has 2 unspecified atom stereocenters. The Kier molecular flexibility index (Phi) is 7.33. The van der Waals surface area contributed by atoms with Gasteiger partial charge in [-0.2, -0.15) is 0 Å². The summed E-state index contributed by atoms with van der Waals surface area (Å²) < 4.78 is 25.1. The molecule has 0 aliphatic heterocycles. The lowest BCUT2D eigenvalue weighted by Crippen LogP contribution is -2.15. The van der Waals surface area contributed by atoms with Crippen LogP contribution in [0.25, 0.3) is 0 Å². The topological polar surface area (TPSA) is 50.7 Å². The van der Waals surface area contributed by atoms with Gasteiger partial charge in [-0.1, -0.05) is 18.2 Å². The average Bonchev–Trinajstić information content (AvgIpc) is 2.74. The lowest BCUT2D eigenvalue weighted by Gasteiger charge is -2.24. The molecule has 152 valence electrons. The first-order valence-electron chi connectivity index (χ1n) is 9.17. The lowest BCUT2D eigenvalue weighted by molar-refractivity contribution is 0.160. The van der Waals surface area contributed by atoms with Gasteiger partial charge in [-0.25, -0.2) is 4.39 Å². The van der Waals surface area contributed by atoms with E-state index in [9.17, 15) is 9.50 Å². The van der Waals surface area contributed by atoms with Gasteiger partial charge in [0.2, 0.25) is 0 Å². The molecule has 0 bridgehead atoms. The Morgan fingerprint density at radius 1 is 0.897 bits per heavy atom. The molecule has 6 heteroatoms. The number of hydrogen-bond donors (Lipinski definition) is 2. The smallest absolute Gasteiger partial charge is 0.161 e. The number of rotatable bonds is 8. The zero-order valence-corrected chi connectivity index (χ0v) is 18.4. The van der Waals surface area contributed by atoms with Gasteiger partial charge in [0, 0.05) is 15.7 Å². The normalized spacial score (nSPS) is 12.9. The van der Waals surface area contributed by atoms with Crippen molar-refractivity contribution in [3.63, 3.8) is 0 Å². The molecule has 0 aromatic heterocycles. The molecule has 0 amide bonds. The third-order valence-electron chi connectivity index (χ3n) is 4.71. The molecule has 0 saturated heterocycles. The van der Waals surface area contributed by atoms with Crippen LogP contribution in [0.3, 0.4) is 0 Å². The first-order chi connectivity index (χ1) is 14.0. The van der Waals surface area contributed by atoms with E-state index in [2.05, 4.69) is 27.9 Å². The number of aliphatic hydroxyl groups excluding tert-OH is 1. The van der Waals surface area contributed by atoms with Crippen LogP contribution in [0.2, 0.25) is 0 Å². The van der Waals surface area contributed by atoms with Gasteiger partial charge in [-0.3, -0.25) is 0 Å². The molecule has 2 N–H and O–H groups in total.